The zero-order chi connectivity index (χ0) is 13.7. The second-order valence-corrected chi connectivity index (χ2v) is 4.86. The maximum absolute atomic E-state index is 11.9. The van der Waals surface area contributed by atoms with Crippen LogP contribution in [-0.4, -0.2) is 61.2 Å². The van der Waals surface area contributed by atoms with E-state index >= 15 is 0 Å². The summed E-state index contributed by atoms with van der Waals surface area (Å²) in [6, 6.07) is -0.527. The molecule has 2 rings (SSSR count). The summed E-state index contributed by atoms with van der Waals surface area (Å²) < 4.78 is 9.94. The van der Waals surface area contributed by atoms with Crippen molar-refractivity contribution >= 4 is 28.3 Å². The molecule has 1 fully saturated rings. The predicted octanol–water partition coefficient (Wildman–Crippen LogP) is -0.0446. The summed E-state index contributed by atoms with van der Waals surface area (Å²) in [5.41, 5.74) is 0. The van der Waals surface area contributed by atoms with Crippen LogP contribution in [-0.2, 0) is 19.1 Å². The van der Waals surface area contributed by atoms with Crippen molar-refractivity contribution in [2.75, 3.05) is 38.7 Å². The largest absolute Gasteiger partial charge is 0.468 e. The maximum Gasteiger partial charge on any atom is 0.325 e. The molecule has 104 valence electrons. The average Bonchev–Trinajstić information content (AvgIpc) is 2.91. The number of morpholine rings is 1. The maximum atomic E-state index is 11.9. The third-order valence-corrected chi connectivity index (χ3v) is 3.43. The van der Waals surface area contributed by atoms with Crippen LogP contribution >= 0.6 is 11.3 Å². The molecule has 1 saturated heterocycles. The molecule has 19 heavy (non-hydrogen) atoms. The van der Waals surface area contributed by atoms with Crippen LogP contribution in [0.3, 0.4) is 0 Å². The molecular weight excluding hydrogens is 270 g/mol. The average molecular weight is 285 g/mol. The number of esters is 1. The number of rotatable bonds is 4. The van der Waals surface area contributed by atoms with E-state index in [1.807, 2.05) is 0 Å². The number of amides is 1. The Kier molecular flexibility index (Phi) is 4.83. The minimum atomic E-state index is -0.527. The zero-order valence-electron chi connectivity index (χ0n) is 10.5. The molecule has 0 saturated carbocycles. The molecule has 1 N–H and O–H groups in total. The van der Waals surface area contributed by atoms with Crippen molar-refractivity contribution in [1.82, 2.24) is 9.88 Å². The Hall–Kier alpha value is -1.51. The van der Waals surface area contributed by atoms with Gasteiger partial charge in [-0.05, 0) is 0 Å². The number of nitrogens with one attached hydrogen (secondary N) is 1. The van der Waals surface area contributed by atoms with E-state index in [1.54, 1.807) is 16.5 Å². The Morgan fingerprint density at radius 1 is 1.68 bits per heavy atom. The summed E-state index contributed by atoms with van der Waals surface area (Å²) in [7, 11) is 1.32. The van der Waals surface area contributed by atoms with E-state index in [-0.39, 0.29) is 25.0 Å². The van der Waals surface area contributed by atoms with Gasteiger partial charge in [0.25, 0.3) is 0 Å². The van der Waals surface area contributed by atoms with Crippen LogP contribution < -0.4 is 5.32 Å². The molecule has 0 aliphatic carbocycles. The molecule has 1 unspecified atom stereocenters. The number of carbonyl (C=O) groups excluding carboxylic acids is 2. The monoisotopic (exact) mass is 285 g/mol. The fourth-order valence-electron chi connectivity index (χ4n) is 1.81. The van der Waals surface area contributed by atoms with Crippen molar-refractivity contribution < 1.29 is 19.1 Å². The third kappa shape index (κ3) is 3.72. The highest BCUT2D eigenvalue weighted by molar-refractivity contribution is 7.13. The first-order valence-corrected chi connectivity index (χ1v) is 6.67. The van der Waals surface area contributed by atoms with Crippen LogP contribution in [0, 0.1) is 0 Å². The molecule has 0 bridgehead atoms. The van der Waals surface area contributed by atoms with Gasteiger partial charge in [-0.1, -0.05) is 0 Å². The van der Waals surface area contributed by atoms with Crippen LogP contribution in [0.5, 0.6) is 0 Å². The Balaban J connectivity index is 1.91. The molecule has 7 nitrogen and oxygen atoms in total. The lowest BCUT2D eigenvalue weighted by Crippen LogP contribution is -2.52. The van der Waals surface area contributed by atoms with Crippen molar-refractivity contribution in [2.24, 2.45) is 0 Å². The second kappa shape index (κ2) is 6.60. The Morgan fingerprint density at radius 3 is 3.21 bits per heavy atom. The van der Waals surface area contributed by atoms with Crippen molar-refractivity contribution in [3.63, 3.8) is 0 Å². The van der Waals surface area contributed by atoms with Gasteiger partial charge >= 0.3 is 5.97 Å². The standard InChI is InChI=1S/C11H15N3O4S/c1-17-10(16)8-7-18-4-3-14(8)6-9(15)13-11-12-2-5-19-11/h2,5,8H,3-4,6-7H2,1H3,(H,12,13,15). The number of hydrogen-bond donors (Lipinski definition) is 1. The van der Waals surface area contributed by atoms with Gasteiger partial charge in [0.05, 0.1) is 26.9 Å². The van der Waals surface area contributed by atoms with Crippen molar-refractivity contribution in [3.8, 4) is 0 Å². The Bertz CT molecular complexity index is 437. The number of methoxy groups -OCH3 is 1. The zero-order valence-corrected chi connectivity index (χ0v) is 11.3. The number of nitrogens with zero attached hydrogens (tertiary/aromatic N) is 2. The Morgan fingerprint density at radius 2 is 2.53 bits per heavy atom. The predicted molar refractivity (Wildman–Crippen MR) is 68.9 cm³/mol. The molecule has 1 amide bonds. The quantitative estimate of drug-likeness (QED) is 0.782. The molecule has 1 aliphatic rings. The fourth-order valence-corrected chi connectivity index (χ4v) is 2.35. The third-order valence-electron chi connectivity index (χ3n) is 2.74. The SMILES string of the molecule is COC(=O)C1COCCN1CC(=O)Nc1nccs1. The summed E-state index contributed by atoms with van der Waals surface area (Å²) in [6.45, 7) is 1.38. The number of ether oxygens (including phenoxy) is 2. The molecule has 2 heterocycles. The summed E-state index contributed by atoms with van der Waals surface area (Å²) >= 11 is 1.35. The van der Waals surface area contributed by atoms with Gasteiger partial charge in [0.1, 0.15) is 6.04 Å². The van der Waals surface area contributed by atoms with E-state index in [0.717, 1.165) is 0 Å². The lowest BCUT2D eigenvalue weighted by molar-refractivity contribution is -0.153. The first-order valence-electron chi connectivity index (χ1n) is 5.79. The normalized spacial score (nSPS) is 19.9. The molecule has 1 aromatic rings. The van der Waals surface area contributed by atoms with Gasteiger partial charge in [0.2, 0.25) is 5.91 Å². The number of anilines is 1. The summed E-state index contributed by atoms with van der Waals surface area (Å²) in [5.74, 6) is -0.590. The molecular formula is C11H15N3O4S. The van der Waals surface area contributed by atoms with Crippen LogP contribution in [0.25, 0.3) is 0 Å². The lowest BCUT2D eigenvalue weighted by atomic mass is 10.2. The fraction of sp³-hybridized carbons (Fsp3) is 0.545. The van der Waals surface area contributed by atoms with Crippen molar-refractivity contribution in [1.29, 1.82) is 0 Å². The molecule has 1 atom stereocenters. The van der Waals surface area contributed by atoms with Gasteiger partial charge in [-0.15, -0.1) is 11.3 Å². The molecule has 1 aromatic heterocycles. The number of thiazole rings is 1. The van der Waals surface area contributed by atoms with E-state index in [2.05, 4.69) is 10.3 Å². The highest BCUT2D eigenvalue weighted by atomic mass is 32.1. The number of hydrogen-bond acceptors (Lipinski definition) is 7. The topological polar surface area (TPSA) is 80.8 Å². The van der Waals surface area contributed by atoms with Gasteiger partial charge in [0.15, 0.2) is 5.13 Å². The molecule has 0 aromatic carbocycles. The van der Waals surface area contributed by atoms with Crippen LogP contribution in [0.2, 0.25) is 0 Å². The van der Waals surface area contributed by atoms with Crippen molar-refractivity contribution in [2.45, 2.75) is 6.04 Å². The van der Waals surface area contributed by atoms with E-state index in [0.29, 0.717) is 18.3 Å². The highest BCUT2D eigenvalue weighted by Crippen LogP contribution is 2.12. The summed E-state index contributed by atoms with van der Waals surface area (Å²) in [4.78, 5) is 29.2. The number of carbonyl (C=O) groups is 2. The minimum absolute atomic E-state index is 0.114. The van der Waals surface area contributed by atoms with Crippen molar-refractivity contribution in [3.05, 3.63) is 11.6 Å². The van der Waals surface area contributed by atoms with Crippen LogP contribution in [0.4, 0.5) is 5.13 Å². The van der Waals surface area contributed by atoms with E-state index in [1.165, 1.54) is 18.4 Å². The minimum Gasteiger partial charge on any atom is -0.468 e. The van der Waals surface area contributed by atoms with Crippen LogP contribution in [0.1, 0.15) is 0 Å². The van der Waals surface area contributed by atoms with Gasteiger partial charge in [-0.2, -0.15) is 0 Å². The molecule has 0 spiro atoms. The second-order valence-electron chi connectivity index (χ2n) is 3.97. The molecule has 0 radical (unpaired) electrons. The van der Waals surface area contributed by atoms with Gasteiger partial charge < -0.3 is 14.8 Å². The highest BCUT2D eigenvalue weighted by Gasteiger charge is 2.31. The van der Waals surface area contributed by atoms with Gasteiger partial charge in [0, 0.05) is 18.1 Å². The van der Waals surface area contributed by atoms with Crippen LogP contribution in [0.15, 0.2) is 11.6 Å². The van der Waals surface area contributed by atoms with E-state index < -0.39 is 6.04 Å². The molecule has 8 heteroatoms. The smallest absolute Gasteiger partial charge is 0.325 e. The van der Waals surface area contributed by atoms with Gasteiger partial charge in [-0.25, -0.2) is 4.98 Å². The Labute approximate surface area is 114 Å². The summed E-state index contributed by atoms with van der Waals surface area (Å²) in [5, 5.41) is 5.01. The van der Waals surface area contributed by atoms with E-state index in [9.17, 15) is 9.59 Å². The molecule has 1 aliphatic heterocycles. The summed E-state index contributed by atoms with van der Waals surface area (Å²) in [6.07, 6.45) is 1.62. The lowest BCUT2D eigenvalue weighted by Gasteiger charge is -2.32. The number of aromatic nitrogens is 1. The van der Waals surface area contributed by atoms with Gasteiger partial charge in [-0.3, -0.25) is 14.5 Å². The first-order chi connectivity index (χ1) is 9.20. The first kappa shape index (κ1) is 13.9. The van der Waals surface area contributed by atoms with E-state index in [4.69, 9.17) is 9.47 Å².